The summed E-state index contributed by atoms with van der Waals surface area (Å²) >= 11 is 8.79. The Balaban J connectivity index is 3.26. The molecule has 0 aromatic heterocycles. The predicted molar refractivity (Wildman–Crippen MR) is 36.7 cm³/mol. The van der Waals surface area contributed by atoms with Gasteiger partial charge in [-0.1, -0.05) is 12.2 Å². The Hall–Kier alpha value is 0.440. The summed E-state index contributed by atoms with van der Waals surface area (Å²) in [5.41, 5.74) is 0. The number of hydrogen-bond donors (Lipinski definition) is 1. The van der Waals surface area contributed by atoms with Gasteiger partial charge >= 0.3 is 0 Å². The molecule has 2 heteroatoms. The Bertz CT molecular complexity index is 56.6. The highest BCUT2D eigenvalue weighted by atomic mass is 32.1. The van der Waals surface area contributed by atoms with Gasteiger partial charge < -0.3 is 0 Å². The first kappa shape index (κ1) is 6.44. The summed E-state index contributed by atoms with van der Waals surface area (Å²) in [5, 5.41) is 0.278. The van der Waals surface area contributed by atoms with Gasteiger partial charge in [0.15, 0.2) is 0 Å². The monoisotopic (exact) mass is 120 g/mol. The molecule has 0 heterocycles. The molecular formula is C4H8S2. The Morgan fingerprint density at radius 1 is 1.83 bits per heavy atom. The fraction of sp³-hybridized carbons (Fsp3) is 0.750. The molecule has 0 rings (SSSR count). The lowest BCUT2D eigenvalue weighted by Crippen LogP contribution is -1.99. The SMILES string of the molecule is CC(=S)[C@H](C)S. The lowest BCUT2D eigenvalue weighted by molar-refractivity contribution is 1.34. The average Bonchev–Trinajstić information content (AvgIpc) is 1.36. The second-order valence-electron chi connectivity index (χ2n) is 1.29. The molecule has 0 fully saturated rings. The van der Waals surface area contributed by atoms with Crippen LogP contribution in [-0.2, 0) is 0 Å². The first-order valence-electron chi connectivity index (χ1n) is 1.83. The van der Waals surface area contributed by atoms with E-state index in [9.17, 15) is 0 Å². The van der Waals surface area contributed by atoms with Crippen LogP contribution in [0, 0.1) is 0 Å². The Morgan fingerprint density at radius 2 is 2.00 bits per heavy atom. The van der Waals surface area contributed by atoms with Crippen LogP contribution in [0.5, 0.6) is 0 Å². The lowest BCUT2D eigenvalue weighted by Gasteiger charge is -1.94. The van der Waals surface area contributed by atoms with E-state index in [4.69, 9.17) is 12.2 Å². The van der Waals surface area contributed by atoms with Gasteiger partial charge in [0.25, 0.3) is 0 Å². The molecule has 6 heavy (non-hydrogen) atoms. The van der Waals surface area contributed by atoms with Gasteiger partial charge in [-0.15, -0.1) is 0 Å². The number of thiocarbonyl (C=S) groups is 1. The van der Waals surface area contributed by atoms with Gasteiger partial charge in [-0.2, -0.15) is 12.6 Å². The van der Waals surface area contributed by atoms with E-state index in [0.29, 0.717) is 0 Å². The average molecular weight is 120 g/mol. The first-order chi connectivity index (χ1) is 2.64. The van der Waals surface area contributed by atoms with Crippen molar-refractivity contribution in [2.45, 2.75) is 19.1 Å². The summed E-state index contributed by atoms with van der Waals surface area (Å²) in [6.45, 7) is 3.86. The van der Waals surface area contributed by atoms with Crippen LogP contribution >= 0.6 is 24.8 Å². The predicted octanol–water partition coefficient (Wildman–Crippen LogP) is 1.69. The van der Waals surface area contributed by atoms with Crippen molar-refractivity contribution in [1.29, 1.82) is 0 Å². The molecule has 0 nitrogen and oxygen atoms in total. The lowest BCUT2D eigenvalue weighted by atomic mass is 10.4. The van der Waals surface area contributed by atoms with Gasteiger partial charge in [-0.05, 0) is 13.8 Å². The molecule has 0 aliphatic heterocycles. The van der Waals surface area contributed by atoms with Gasteiger partial charge in [0, 0.05) is 10.1 Å². The first-order valence-corrected chi connectivity index (χ1v) is 2.75. The molecule has 0 spiro atoms. The third-order valence-corrected chi connectivity index (χ3v) is 1.50. The molecule has 0 aromatic carbocycles. The van der Waals surface area contributed by atoms with Crippen molar-refractivity contribution in [3.05, 3.63) is 0 Å². The van der Waals surface area contributed by atoms with E-state index in [-0.39, 0.29) is 5.25 Å². The van der Waals surface area contributed by atoms with Crippen molar-refractivity contribution in [2.24, 2.45) is 0 Å². The van der Waals surface area contributed by atoms with Crippen LogP contribution < -0.4 is 0 Å². The summed E-state index contributed by atoms with van der Waals surface area (Å²) in [5.74, 6) is 0. The fourth-order valence-corrected chi connectivity index (χ4v) is 0. The second-order valence-corrected chi connectivity index (χ2v) is 2.71. The smallest absolute Gasteiger partial charge is 0.0299 e. The molecule has 0 N–H and O–H groups in total. The molecular weight excluding hydrogens is 112 g/mol. The molecule has 0 radical (unpaired) electrons. The molecule has 0 bridgehead atoms. The quantitative estimate of drug-likeness (QED) is 0.406. The van der Waals surface area contributed by atoms with E-state index >= 15 is 0 Å². The highest BCUT2D eigenvalue weighted by Gasteiger charge is 1.91. The zero-order valence-corrected chi connectivity index (χ0v) is 5.64. The van der Waals surface area contributed by atoms with Crippen LogP contribution in [0.1, 0.15) is 13.8 Å². The van der Waals surface area contributed by atoms with Crippen LogP contribution in [0.2, 0.25) is 0 Å². The van der Waals surface area contributed by atoms with E-state index in [2.05, 4.69) is 12.6 Å². The van der Waals surface area contributed by atoms with Crippen LogP contribution in [0.25, 0.3) is 0 Å². The minimum Gasteiger partial charge on any atom is -0.171 e. The maximum atomic E-state index is 4.74. The van der Waals surface area contributed by atoms with Crippen molar-refractivity contribution in [2.75, 3.05) is 0 Å². The van der Waals surface area contributed by atoms with Crippen molar-refractivity contribution < 1.29 is 0 Å². The maximum absolute atomic E-state index is 4.74. The van der Waals surface area contributed by atoms with Crippen LogP contribution in [0.3, 0.4) is 0 Å². The molecule has 0 aliphatic rings. The zero-order valence-electron chi connectivity index (χ0n) is 3.93. The van der Waals surface area contributed by atoms with E-state index < -0.39 is 0 Å². The topological polar surface area (TPSA) is 0 Å². The summed E-state index contributed by atoms with van der Waals surface area (Å²) in [7, 11) is 0. The standard InChI is InChI=1S/C4H8S2/c1-3(5)4(2)6/h3,5H,1-2H3/t3-/m0/s1. The maximum Gasteiger partial charge on any atom is 0.0299 e. The second kappa shape index (κ2) is 2.59. The number of hydrogen-bond acceptors (Lipinski definition) is 2. The van der Waals surface area contributed by atoms with Gasteiger partial charge in [-0.25, -0.2) is 0 Å². The van der Waals surface area contributed by atoms with Crippen LogP contribution in [-0.4, -0.2) is 10.1 Å². The Morgan fingerprint density at radius 3 is 2.00 bits per heavy atom. The normalized spacial score (nSPS) is 13.8. The molecule has 0 saturated heterocycles. The summed E-state index contributed by atoms with van der Waals surface area (Å²) < 4.78 is 0. The van der Waals surface area contributed by atoms with E-state index in [0.717, 1.165) is 4.86 Å². The van der Waals surface area contributed by atoms with Crippen LogP contribution in [0.4, 0.5) is 0 Å². The molecule has 36 valence electrons. The molecule has 0 aliphatic carbocycles. The van der Waals surface area contributed by atoms with E-state index in [1.165, 1.54) is 0 Å². The molecule has 0 aromatic rings. The molecule has 0 amide bonds. The highest BCUT2D eigenvalue weighted by molar-refractivity contribution is 7.86. The molecule has 0 saturated carbocycles. The van der Waals surface area contributed by atoms with Crippen molar-refractivity contribution in [3.8, 4) is 0 Å². The van der Waals surface area contributed by atoms with Crippen LogP contribution in [0.15, 0.2) is 0 Å². The van der Waals surface area contributed by atoms with E-state index in [1.807, 2.05) is 13.8 Å². The van der Waals surface area contributed by atoms with Gasteiger partial charge in [0.2, 0.25) is 0 Å². The zero-order chi connectivity index (χ0) is 5.15. The number of rotatable bonds is 1. The van der Waals surface area contributed by atoms with Gasteiger partial charge in [0.05, 0.1) is 0 Å². The Labute approximate surface area is 49.3 Å². The van der Waals surface area contributed by atoms with Crippen molar-refractivity contribution in [1.82, 2.24) is 0 Å². The molecule has 1 atom stereocenters. The minimum atomic E-state index is 0.278. The summed E-state index contributed by atoms with van der Waals surface area (Å²) in [6.07, 6.45) is 0. The summed E-state index contributed by atoms with van der Waals surface area (Å²) in [6, 6.07) is 0. The molecule has 0 unspecified atom stereocenters. The minimum absolute atomic E-state index is 0.278. The van der Waals surface area contributed by atoms with Gasteiger partial charge in [0.1, 0.15) is 0 Å². The Kier molecular flexibility index (Phi) is 2.78. The van der Waals surface area contributed by atoms with E-state index in [1.54, 1.807) is 0 Å². The fourth-order valence-electron chi connectivity index (χ4n) is 0. The number of thiol groups is 1. The summed E-state index contributed by atoms with van der Waals surface area (Å²) in [4.78, 5) is 0.957. The van der Waals surface area contributed by atoms with Gasteiger partial charge in [-0.3, -0.25) is 0 Å². The highest BCUT2D eigenvalue weighted by Crippen LogP contribution is 1.93. The third kappa shape index (κ3) is 2.67. The van der Waals surface area contributed by atoms with Crippen molar-refractivity contribution >= 4 is 29.7 Å². The third-order valence-electron chi connectivity index (χ3n) is 0.588. The largest absolute Gasteiger partial charge is 0.171 e. The van der Waals surface area contributed by atoms with Crippen molar-refractivity contribution in [3.63, 3.8) is 0 Å².